The number of nitrogens with zero attached hydrogens (tertiary/aromatic N) is 3. The standard InChI is InChI=1S/C28H32F3N3O7/c1-28(2,3)27(38)26(40-13-14-5-7-16(39-4)8-6-14)25-24(37)22(23(36)20(12-35)41-25)34-11-19(32-33-34)15-9-17(29)21(31)18(30)10-15/h5-11,20,22-26,35-37H,12-13H2,1-4H3/t20?,22-,23-,24?,25+,26-/m0/s1. The molecule has 0 saturated carbocycles. The maximum atomic E-state index is 13.8. The smallest absolute Gasteiger partial charge is 0.194 e. The minimum Gasteiger partial charge on any atom is -0.497 e. The van der Waals surface area contributed by atoms with Crippen LogP contribution < -0.4 is 4.74 Å². The van der Waals surface area contributed by atoms with Crippen LogP contribution in [0.1, 0.15) is 32.4 Å². The average Bonchev–Trinajstić information content (AvgIpc) is 3.42. The number of aromatic nitrogens is 3. The molecule has 2 unspecified atom stereocenters. The molecule has 2 heterocycles. The summed E-state index contributed by atoms with van der Waals surface area (Å²) in [6, 6.07) is 7.08. The molecular weight excluding hydrogens is 547 g/mol. The summed E-state index contributed by atoms with van der Waals surface area (Å²) in [5.41, 5.74) is -0.436. The Morgan fingerprint density at radius 3 is 2.29 bits per heavy atom. The summed E-state index contributed by atoms with van der Waals surface area (Å²) in [7, 11) is 1.53. The lowest BCUT2D eigenvalue weighted by Gasteiger charge is -2.45. The van der Waals surface area contributed by atoms with Crippen molar-refractivity contribution in [1.29, 1.82) is 0 Å². The second-order valence-corrected chi connectivity index (χ2v) is 10.8. The highest BCUT2D eigenvalue weighted by Crippen LogP contribution is 2.35. The van der Waals surface area contributed by atoms with Gasteiger partial charge in [0.05, 0.1) is 26.5 Å². The number of carbonyl (C=O) groups excluding carboxylic acids is 1. The van der Waals surface area contributed by atoms with Gasteiger partial charge in [-0.15, -0.1) is 5.10 Å². The zero-order valence-electron chi connectivity index (χ0n) is 22.9. The van der Waals surface area contributed by atoms with E-state index >= 15 is 0 Å². The van der Waals surface area contributed by atoms with E-state index in [1.807, 2.05) is 0 Å². The van der Waals surface area contributed by atoms with Crippen LogP contribution in [0.5, 0.6) is 5.75 Å². The first-order chi connectivity index (χ1) is 19.3. The van der Waals surface area contributed by atoms with E-state index in [9.17, 15) is 33.3 Å². The number of carbonyl (C=O) groups is 1. The Morgan fingerprint density at radius 1 is 1.10 bits per heavy atom. The Balaban J connectivity index is 1.66. The summed E-state index contributed by atoms with van der Waals surface area (Å²) in [6.07, 6.45) is -5.91. The van der Waals surface area contributed by atoms with Crippen LogP contribution in [0.2, 0.25) is 0 Å². The minimum atomic E-state index is -1.64. The first-order valence-corrected chi connectivity index (χ1v) is 12.8. The van der Waals surface area contributed by atoms with E-state index in [0.717, 1.165) is 16.8 Å². The highest BCUT2D eigenvalue weighted by molar-refractivity contribution is 5.88. The molecule has 0 bridgehead atoms. The quantitative estimate of drug-likeness (QED) is 0.327. The van der Waals surface area contributed by atoms with E-state index in [-0.39, 0.29) is 17.9 Å². The van der Waals surface area contributed by atoms with Crippen molar-refractivity contribution < 1.29 is 47.5 Å². The summed E-state index contributed by atoms with van der Waals surface area (Å²) < 4.78 is 59.1. The van der Waals surface area contributed by atoms with Crippen LogP contribution >= 0.6 is 0 Å². The van der Waals surface area contributed by atoms with Gasteiger partial charge in [-0.25, -0.2) is 17.9 Å². The van der Waals surface area contributed by atoms with Crippen molar-refractivity contribution in [3.8, 4) is 17.0 Å². The van der Waals surface area contributed by atoms with Gasteiger partial charge in [0, 0.05) is 11.0 Å². The van der Waals surface area contributed by atoms with Gasteiger partial charge in [-0.05, 0) is 29.8 Å². The third-order valence-electron chi connectivity index (χ3n) is 6.91. The van der Waals surface area contributed by atoms with E-state index < -0.39 is 71.8 Å². The predicted molar refractivity (Wildman–Crippen MR) is 138 cm³/mol. The number of benzene rings is 2. The van der Waals surface area contributed by atoms with Crippen molar-refractivity contribution in [2.24, 2.45) is 5.41 Å². The van der Waals surface area contributed by atoms with Crippen molar-refractivity contribution >= 4 is 5.78 Å². The molecular formula is C28H32F3N3O7. The highest BCUT2D eigenvalue weighted by Gasteiger charge is 2.51. The molecule has 3 aromatic rings. The molecule has 0 radical (unpaired) electrons. The van der Waals surface area contributed by atoms with E-state index in [0.29, 0.717) is 11.3 Å². The van der Waals surface area contributed by atoms with Crippen LogP contribution in [0.3, 0.4) is 0 Å². The normalized spacial score (nSPS) is 23.8. The maximum absolute atomic E-state index is 13.8. The Bertz CT molecular complexity index is 1340. The van der Waals surface area contributed by atoms with Crippen LogP contribution in [-0.2, 0) is 20.9 Å². The van der Waals surface area contributed by atoms with Gasteiger partial charge in [0.25, 0.3) is 0 Å². The third kappa shape index (κ3) is 6.44. The molecule has 4 rings (SSSR count). The Hall–Kier alpha value is -3.36. The maximum Gasteiger partial charge on any atom is 0.194 e. The van der Waals surface area contributed by atoms with Crippen molar-refractivity contribution in [2.75, 3.05) is 13.7 Å². The lowest BCUT2D eigenvalue weighted by Crippen LogP contribution is -2.61. The number of Topliss-reactive ketones (excluding diaryl/α,β-unsaturated/α-hetero) is 1. The first kappa shape index (κ1) is 30.6. The Kier molecular flexibility index (Phi) is 9.14. The lowest BCUT2D eigenvalue weighted by molar-refractivity contribution is -0.236. The highest BCUT2D eigenvalue weighted by atomic mass is 19.2. The molecule has 10 nitrogen and oxygen atoms in total. The second kappa shape index (κ2) is 12.2. The Labute approximate surface area is 234 Å². The van der Waals surface area contributed by atoms with Crippen LogP contribution in [0.4, 0.5) is 13.2 Å². The van der Waals surface area contributed by atoms with Gasteiger partial charge in [0.15, 0.2) is 23.2 Å². The number of aliphatic hydroxyl groups is 3. The SMILES string of the molecule is COc1ccc(CO[C@H](C(=O)C(C)(C)C)[C@@H]2OC(CO)[C@H](O)[C@H](n3cc(-c4cc(F)c(F)c(F)c4)nn3)C2O)cc1. The molecule has 1 fully saturated rings. The first-order valence-electron chi connectivity index (χ1n) is 12.8. The second-order valence-electron chi connectivity index (χ2n) is 10.8. The molecule has 1 aromatic heterocycles. The lowest BCUT2D eigenvalue weighted by atomic mass is 9.81. The molecule has 1 saturated heterocycles. The number of ketones is 1. The minimum absolute atomic E-state index is 0.0325. The number of aliphatic hydroxyl groups excluding tert-OH is 3. The van der Waals surface area contributed by atoms with Gasteiger partial charge >= 0.3 is 0 Å². The van der Waals surface area contributed by atoms with E-state index in [1.54, 1.807) is 45.0 Å². The number of halogens is 3. The summed E-state index contributed by atoms with van der Waals surface area (Å²) in [5, 5.41) is 40.1. The molecule has 41 heavy (non-hydrogen) atoms. The number of methoxy groups -OCH3 is 1. The van der Waals surface area contributed by atoms with Gasteiger partial charge in [-0.3, -0.25) is 4.79 Å². The molecule has 0 aliphatic carbocycles. The number of hydrogen-bond acceptors (Lipinski definition) is 9. The van der Waals surface area contributed by atoms with Crippen LogP contribution in [-0.4, -0.2) is 80.3 Å². The van der Waals surface area contributed by atoms with Gasteiger partial charge in [0.1, 0.15) is 48.0 Å². The van der Waals surface area contributed by atoms with Crippen LogP contribution in [0, 0.1) is 22.9 Å². The van der Waals surface area contributed by atoms with Crippen LogP contribution in [0.15, 0.2) is 42.6 Å². The van der Waals surface area contributed by atoms with Gasteiger partial charge in [-0.2, -0.15) is 0 Å². The summed E-state index contributed by atoms with van der Waals surface area (Å²) >= 11 is 0. The molecule has 2 aromatic carbocycles. The third-order valence-corrected chi connectivity index (χ3v) is 6.91. The zero-order valence-corrected chi connectivity index (χ0v) is 22.9. The zero-order chi connectivity index (χ0) is 30.1. The molecule has 1 aliphatic rings. The van der Waals surface area contributed by atoms with Crippen molar-refractivity contribution in [2.45, 2.75) is 63.9 Å². The average molecular weight is 580 g/mol. The summed E-state index contributed by atoms with van der Waals surface area (Å²) in [5.74, 6) is -4.28. The Morgan fingerprint density at radius 2 is 1.73 bits per heavy atom. The molecule has 6 atom stereocenters. The van der Waals surface area contributed by atoms with Crippen molar-refractivity contribution in [3.63, 3.8) is 0 Å². The molecule has 3 N–H and O–H groups in total. The van der Waals surface area contributed by atoms with Gasteiger partial charge in [-0.1, -0.05) is 38.1 Å². The monoisotopic (exact) mass is 579 g/mol. The van der Waals surface area contributed by atoms with Crippen molar-refractivity contribution in [1.82, 2.24) is 15.0 Å². The van der Waals surface area contributed by atoms with E-state index in [4.69, 9.17) is 14.2 Å². The molecule has 0 amide bonds. The number of rotatable bonds is 9. The van der Waals surface area contributed by atoms with Gasteiger partial charge < -0.3 is 29.5 Å². The fraction of sp³-hybridized carbons (Fsp3) is 0.464. The van der Waals surface area contributed by atoms with Crippen molar-refractivity contribution in [3.05, 3.63) is 65.6 Å². The number of ether oxygens (including phenoxy) is 3. The largest absolute Gasteiger partial charge is 0.497 e. The number of hydrogen-bond donors (Lipinski definition) is 3. The fourth-order valence-electron chi connectivity index (χ4n) is 4.61. The molecule has 222 valence electrons. The topological polar surface area (TPSA) is 136 Å². The molecule has 13 heteroatoms. The molecule has 0 spiro atoms. The van der Waals surface area contributed by atoms with E-state index in [2.05, 4.69) is 10.3 Å². The summed E-state index contributed by atoms with van der Waals surface area (Å²) in [4.78, 5) is 13.5. The van der Waals surface area contributed by atoms with E-state index in [1.165, 1.54) is 13.3 Å². The molecule has 1 aliphatic heterocycles. The van der Waals surface area contributed by atoms with Gasteiger partial charge in [0.2, 0.25) is 0 Å². The predicted octanol–water partition coefficient (Wildman–Crippen LogP) is 2.59. The van der Waals surface area contributed by atoms with Crippen LogP contribution in [0.25, 0.3) is 11.3 Å². The summed E-state index contributed by atoms with van der Waals surface area (Å²) in [6.45, 7) is 4.32. The fourth-order valence-corrected chi connectivity index (χ4v) is 4.61.